The van der Waals surface area contributed by atoms with Gasteiger partial charge in [-0.3, -0.25) is 19.2 Å². The Morgan fingerprint density at radius 2 is 0.717 bits per heavy atom. The molecule has 0 radical (unpaired) electrons. The Bertz CT molecular complexity index is 2550. The predicted octanol–water partition coefficient (Wildman–Crippen LogP) is 7.32. The SMILES string of the molecule is CC(=O)OC(OC(C)=O)c1ccc(S(=O)(=O)Cl)cc1.CC(=O)OC(OC(C)=O)c1cccc(S(=O)(=O)Cl)c1.Cc1ccc(S(=O)(=O)Cl)cc1.Cc1cccc(S(=O)(=O)Cl)c1. The van der Waals surface area contributed by atoms with Gasteiger partial charge < -0.3 is 18.9 Å². The first-order valence-electron chi connectivity index (χ1n) is 16.2. The second-order valence-electron chi connectivity index (χ2n) is 11.6. The fourth-order valence-corrected chi connectivity index (χ4v) is 7.19. The molecular weight excluding hydrogens is 958 g/mol. The first-order chi connectivity index (χ1) is 27.4. The van der Waals surface area contributed by atoms with E-state index in [1.165, 1.54) is 72.8 Å². The average Bonchev–Trinajstić information content (AvgIpc) is 3.10. The minimum absolute atomic E-state index is 0.109. The molecule has 0 aromatic heterocycles. The van der Waals surface area contributed by atoms with Crippen molar-refractivity contribution in [2.75, 3.05) is 0 Å². The minimum atomic E-state index is -3.92. The van der Waals surface area contributed by atoms with Crippen molar-refractivity contribution in [1.29, 1.82) is 0 Å². The van der Waals surface area contributed by atoms with E-state index in [9.17, 15) is 52.8 Å². The van der Waals surface area contributed by atoms with Crippen molar-refractivity contribution in [1.82, 2.24) is 0 Å². The maximum atomic E-state index is 11.2. The van der Waals surface area contributed by atoms with Gasteiger partial charge in [0.05, 0.1) is 19.6 Å². The molecule has 0 heterocycles. The molecule has 0 amide bonds. The van der Waals surface area contributed by atoms with E-state index in [0.717, 1.165) is 38.8 Å². The summed E-state index contributed by atoms with van der Waals surface area (Å²) in [6.45, 7) is 8.29. The monoisotopic (exact) mass is 992 g/mol. The first-order valence-corrected chi connectivity index (χ1v) is 25.4. The van der Waals surface area contributed by atoms with Crippen LogP contribution in [0.15, 0.2) is 117 Å². The van der Waals surface area contributed by atoms with Crippen LogP contribution >= 0.6 is 42.7 Å². The zero-order chi connectivity index (χ0) is 46.2. The van der Waals surface area contributed by atoms with Crippen molar-refractivity contribution in [3.05, 3.63) is 119 Å². The van der Waals surface area contributed by atoms with Crippen LogP contribution in [0.1, 0.15) is 62.5 Å². The Balaban J connectivity index is 0.000000413. The Morgan fingerprint density at radius 3 is 1.03 bits per heavy atom. The van der Waals surface area contributed by atoms with E-state index in [4.69, 9.17) is 61.7 Å². The van der Waals surface area contributed by atoms with Gasteiger partial charge in [0.1, 0.15) is 0 Å². The van der Waals surface area contributed by atoms with E-state index in [2.05, 4.69) is 0 Å². The third kappa shape index (κ3) is 21.3. The average molecular weight is 995 g/mol. The van der Waals surface area contributed by atoms with E-state index in [1.807, 2.05) is 19.9 Å². The van der Waals surface area contributed by atoms with Gasteiger partial charge in [-0.15, -0.1) is 0 Å². The number of halogens is 4. The molecule has 4 aromatic carbocycles. The molecule has 0 spiro atoms. The van der Waals surface area contributed by atoms with E-state index in [0.29, 0.717) is 5.56 Å². The number of benzene rings is 4. The van der Waals surface area contributed by atoms with Gasteiger partial charge in [-0.25, -0.2) is 33.7 Å². The summed E-state index contributed by atoms with van der Waals surface area (Å²) >= 11 is 0. The van der Waals surface area contributed by atoms with Crippen LogP contribution in [-0.2, 0) is 74.3 Å². The molecule has 0 saturated heterocycles. The lowest BCUT2D eigenvalue weighted by molar-refractivity contribution is -0.188. The second-order valence-corrected chi connectivity index (χ2v) is 21.9. The second kappa shape index (κ2) is 23.6. The summed E-state index contributed by atoms with van der Waals surface area (Å²) in [5.74, 6) is -2.63. The van der Waals surface area contributed by atoms with Crippen molar-refractivity contribution >= 4 is 103 Å². The van der Waals surface area contributed by atoms with Gasteiger partial charge in [-0.05, 0) is 67.9 Å². The summed E-state index contributed by atoms with van der Waals surface area (Å²) in [6, 6.07) is 23.2. The standard InChI is InChI=1S/2C11H11ClO6S.2C7H7ClO2S/c1-7(13)17-11(18-8(2)14)9-3-5-10(6-4-9)19(12,15)16;1-7(13)17-11(18-8(2)14)9-4-3-5-10(6-9)19(12,15)16;1-6-2-4-7(5-3-6)11(8,9)10;1-6-3-2-4-7(5-6)11(8,9)10/h2*3-6,11H,1-2H3;2*2-5H,1H3. The van der Waals surface area contributed by atoms with Crippen LogP contribution in [0.5, 0.6) is 0 Å². The van der Waals surface area contributed by atoms with Gasteiger partial charge in [0, 0.05) is 81.6 Å². The van der Waals surface area contributed by atoms with Crippen LogP contribution in [0.2, 0.25) is 0 Å². The van der Waals surface area contributed by atoms with Crippen LogP contribution in [-0.4, -0.2) is 57.5 Å². The Hall–Kier alpha value is -4.28. The summed E-state index contributed by atoms with van der Waals surface area (Å²) in [5, 5.41) is 0. The summed E-state index contributed by atoms with van der Waals surface area (Å²) in [5.41, 5.74) is 2.39. The Morgan fingerprint density at radius 1 is 0.400 bits per heavy atom. The number of rotatable bonds is 10. The van der Waals surface area contributed by atoms with E-state index < -0.39 is 72.7 Å². The lowest BCUT2D eigenvalue weighted by atomic mass is 10.2. The highest BCUT2D eigenvalue weighted by atomic mass is 35.7. The Labute approximate surface area is 365 Å². The molecule has 0 saturated carbocycles. The number of carbonyl (C=O) groups excluding carboxylic acids is 4. The van der Waals surface area contributed by atoms with Crippen molar-refractivity contribution in [3.63, 3.8) is 0 Å². The number of hydrogen-bond donors (Lipinski definition) is 0. The van der Waals surface area contributed by atoms with Crippen LogP contribution in [0.4, 0.5) is 0 Å². The molecule has 60 heavy (non-hydrogen) atoms. The molecule has 0 aliphatic rings. The third-order valence-corrected chi connectivity index (χ3v) is 12.0. The van der Waals surface area contributed by atoms with Crippen LogP contribution in [0.3, 0.4) is 0 Å². The summed E-state index contributed by atoms with van der Waals surface area (Å²) in [6.07, 6.45) is -2.53. The smallest absolute Gasteiger partial charge is 0.305 e. The molecule has 4 rings (SSSR count). The van der Waals surface area contributed by atoms with Crippen LogP contribution < -0.4 is 0 Å². The zero-order valence-electron chi connectivity index (χ0n) is 32.1. The molecule has 0 N–H and O–H groups in total. The maximum Gasteiger partial charge on any atom is 0.305 e. The molecular formula is C36H36Cl4O16S4. The van der Waals surface area contributed by atoms with Gasteiger partial charge in [-0.1, -0.05) is 54.1 Å². The predicted molar refractivity (Wildman–Crippen MR) is 220 cm³/mol. The van der Waals surface area contributed by atoms with E-state index in [1.54, 1.807) is 18.2 Å². The molecule has 0 aliphatic heterocycles. The van der Waals surface area contributed by atoms with Gasteiger partial charge in [0.25, 0.3) is 48.8 Å². The highest BCUT2D eigenvalue weighted by Gasteiger charge is 2.21. The fourth-order valence-electron chi connectivity index (χ4n) is 3.99. The molecule has 0 aliphatic carbocycles. The molecule has 4 aromatic rings. The number of esters is 4. The summed E-state index contributed by atoms with van der Waals surface area (Å²) < 4.78 is 107. The molecule has 0 unspecified atom stereocenters. The van der Waals surface area contributed by atoms with Gasteiger partial charge >= 0.3 is 23.9 Å². The summed E-state index contributed by atoms with van der Waals surface area (Å²) in [4.78, 5) is 43.7. The van der Waals surface area contributed by atoms with E-state index in [-0.39, 0.29) is 25.1 Å². The lowest BCUT2D eigenvalue weighted by Gasteiger charge is -2.17. The molecule has 24 heteroatoms. The highest BCUT2D eigenvalue weighted by molar-refractivity contribution is 8.14. The van der Waals surface area contributed by atoms with Crippen molar-refractivity contribution in [2.24, 2.45) is 0 Å². The van der Waals surface area contributed by atoms with Crippen molar-refractivity contribution < 1.29 is 71.8 Å². The van der Waals surface area contributed by atoms with Crippen molar-refractivity contribution in [2.45, 2.75) is 73.7 Å². The van der Waals surface area contributed by atoms with E-state index >= 15 is 0 Å². The van der Waals surface area contributed by atoms with Gasteiger partial charge in [-0.2, -0.15) is 0 Å². The van der Waals surface area contributed by atoms with Crippen molar-refractivity contribution in [3.8, 4) is 0 Å². The topological polar surface area (TPSA) is 242 Å². The molecule has 0 atom stereocenters. The Kier molecular flexibility index (Phi) is 21.2. The number of hydrogen-bond acceptors (Lipinski definition) is 16. The molecule has 328 valence electrons. The third-order valence-electron chi connectivity index (χ3n) is 6.51. The maximum absolute atomic E-state index is 11.2. The van der Waals surface area contributed by atoms with Crippen LogP contribution in [0.25, 0.3) is 0 Å². The zero-order valence-corrected chi connectivity index (χ0v) is 38.4. The molecule has 0 bridgehead atoms. The van der Waals surface area contributed by atoms with Gasteiger partial charge in [0.2, 0.25) is 0 Å². The highest BCUT2D eigenvalue weighted by Crippen LogP contribution is 2.25. The summed E-state index contributed by atoms with van der Waals surface area (Å²) in [7, 11) is 5.69. The quantitative estimate of drug-likeness (QED) is 0.0858. The lowest BCUT2D eigenvalue weighted by Crippen LogP contribution is -2.15. The fraction of sp³-hybridized carbons (Fsp3) is 0.222. The number of aryl methyl sites for hydroxylation is 2. The van der Waals surface area contributed by atoms with Crippen LogP contribution in [0, 0.1) is 13.8 Å². The van der Waals surface area contributed by atoms with Gasteiger partial charge in [0.15, 0.2) is 0 Å². The first kappa shape index (κ1) is 53.7. The largest absolute Gasteiger partial charge is 0.421 e. The molecule has 0 fully saturated rings. The number of carbonyl (C=O) groups is 4. The number of ether oxygens (including phenoxy) is 4. The molecule has 16 nitrogen and oxygen atoms in total. The normalized spacial score (nSPS) is 11.3. The minimum Gasteiger partial charge on any atom is -0.421 e.